The number of nitrogens with one attached hydrogen (secondary N) is 2. The van der Waals surface area contributed by atoms with Crippen LogP contribution in [0, 0.1) is 11.8 Å². The highest BCUT2D eigenvalue weighted by molar-refractivity contribution is 7.89. The Hall–Kier alpha value is -1.11. The fourth-order valence-electron chi connectivity index (χ4n) is 3.11. The van der Waals surface area contributed by atoms with Gasteiger partial charge in [-0.05, 0) is 31.0 Å². The van der Waals surface area contributed by atoms with Gasteiger partial charge in [0.25, 0.3) is 0 Å². The fourth-order valence-corrected chi connectivity index (χ4v) is 4.06. The molecule has 3 rings (SSSR count). The Kier molecular flexibility index (Phi) is 3.24. The van der Waals surface area contributed by atoms with Gasteiger partial charge in [0.2, 0.25) is 10.0 Å². The number of fused-ring (bicyclic) bond motifs is 1. The summed E-state index contributed by atoms with van der Waals surface area (Å²) in [5.41, 5.74) is 0.825. The highest BCUT2D eigenvalue weighted by Crippen LogP contribution is 2.33. The Morgan fingerprint density at radius 3 is 2.47 bits per heavy atom. The molecule has 1 aromatic rings. The molecule has 1 aromatic carbocycles. The second kappa shape index (κ2) is 4.77. The van der Waals surface area contributed by atoms with Gasteiger partial charge in [-0.25, -0.2) is 13.1 Å². The maximum Gasteiger partial charge on any atom is 0.242 e. The first-order chi connectivity index (χ1) is 9.12. The van der Waals surface area contributed by atoms with Crippen molar-refractivity contribution >= 4 is 15.7 Å². The molecular weight excluding hydrogens is 262 g/mol. The summed E-state index contributed by atoms with van der Waals surface area (Å²) < 4.78 is 26.6. The number of hydrogen-bond donors (Lipinski definition) is 2. The summed E-state index contributed by atoms with van der Waals surface area (Å²) in [4.78, 5) is 2.59. The molecule has 0 amide bonds. The molecule has 0 radical (unpaired) electrons. The van der Waals surface area contributed by atoms with Gasteiger partial charge < -0.3 is 10.2 Å². The third-order valence-electron chi connectivity index (χ3n) is 4.15. The lowest BCUT2D eigenvalue weighted by Gasteiger charge is -2.22. The van der Waals surface area contributed by atoms with E-state index >= 15 is 0 Å². The molecule has 0 aliphatic carbocycles. The number of rotatable bonds is 3. The molecule has 104 valence electrons. The summed E-state index contributed by atoms with van der Waals surface area (Å²) in [5.74, 6) is 1.29. The van der Waals surface area contributed by atoms with Crippen molar-refractivity contribution in [1.29, 1.82) is 0 Å². The molecule has 0 saturated carbocycles. The minimum absolute atomic E-state index is 0.380. The molecule has 2 N–H and O–H groups in total. The van der Waals surface area contributed by atoms with Crippen molar-refractivity contribution in [2.75, 3.05) is 38.1 Å². The van der Waals surface area contributed by atoms with Crippen LogP contribution in [0.1, 0.15) is 0 Å². The van der Waals surface area contributed by atoms with Crippen molar-refractivity contribution in [3.8, 4) is 0 Å². The van der Waals surface area contributed by atoms with Gasteiger partial charge in [0.15, 0.2) is 0 Å². The average molecular weight is 281 g/mol. The number of benzene rings is 1. The Labute approximate surface area is 114 Å². The summed E-state index contributed by atoms with van der Waals surface area (Å²) >= 11 is 0. The Balaban J connectivity index is 1.94. The Morgan fingerprint density at radius 2 is 1.84 bits per heavy atom. The molecule has 2 aliphatic heterocycles. The largest absolute Gasteiger partial charge is 0.370 e. The number of hydrogen-bond acceptors (Lipinski definition) is 4. The van der Waals surface area contributed by atoms with Gasteiger partial charge in [-0.1, -0.05) is 12.1 Å². The molecule has 0 spiro atoms. The van der Waals surface area contributed by atoms with Crippen LogP contribution in [-0.2, 0) is 10.0 Å². The smallest absolute Gasteiger partial charge is 0.242 e. The quantitative estimate of drug-likeness (QED) is 0.834. The predicted octanol–water partition coefficient (Wildman–Crippen LogP) is 0.250. The minimum Gasteiger partial charge on any atom is -0.370 e. The molecule has 0 bridgehead atoms. The summed E-state index contributed by atoms with van der Waals surface area (Å²) in [6.07, 6.45) is 0. The zero-order chi connectivity index (χ0) is 13.5. The molecule has 2 saturated heterocycles. The van der Waals surface area contributed by atoms with E-state index < -0.39 is 10.0 Å². The van der Waals surface area contributed by atoms with Crippen molar-refractivity contribution in [1.82, 2.24) is 10.0 Å². The zero-order valence-electron chi connectivity index (χ0n) is 11.0. The molecule has 0 unspecified atom stereocenters. The SMILES string of the molecule is CNS(=O)(=O)c1ccccc1N1C[C@H]2CNC[C@H]2C1. The van der Waals surface area contributed by atoms with Gasteiger partial charge in [-0.2, -0.15) is 0 Å². The van der Waals surface area contributed by atoms with E-state index in [2.05, 4.69) is 14.9 Å². The van der Waals surface area contributed by atoms with Crippen LogP contribution in [0.25, 0.3) is 0 Å². The minimum atomic E-state index is -3.40. The normalized spacial score (nSPS) is 26.7. The van der Waals surface area contributed by atoms with Crippen LogP contribution in [0.5, 0.6) is 0 Å². The highest BCUT2D eigenvalue weighted by atomic mass is 32.2. The van der Waals surface area contributed by atoms with Crippen molar-refractivity contribution in [3.05, 3.63) is 24.3 Å². The lowest BCUT2D eigenvalue weighted by atomic mass is 10.0. The summed E-state index contributed by atoms with van der Waals surface area (Å²) in [6, 6.07) is 7.24. The van der Waals surface area contributed by atoms with Crippen molar-refractivity contribution in [2.24, 2.45) is 11.8 Å². The molecule has 2 aliphatic rings. The monoisotopic (exact) mass is 281 g/mol. The van der Waals surface area contributed by atoms with Crippen molar-refractivity contribution in [3.63, 3.8) is 0 Å². The topological polar surface area (TPSA) is 61.4 Å². The molecule has 2 atom stereocenters. The first-order valence-corrected chi connectivity index (χ1v) is 8.08. The fraction of sp³-hybridized carbons (Fsp3) is 0.538. The van der Waals surface area contributed by atoms with E-state index in [1.54, 1.807) is 12.1 Å². The molecule has 2 heterocycles. The second-order valence-electron chi connectivity index (χ2n) is 5.26. The number of nitrogens with zero attached hydrogens (tertiary/aromatic N) is 1. The second-order valence-corrected chi connectivity index (χ2v) is 7.11. The predicted molar refractivity (Wildman–Crippen MR) is 74.8 cm³/mol. The number of sulfonamides is 1. The summed E-state index contributed by atoms with van der Waals surface area (Å²) in [7, 11) is -1.94. The molecule has 5 nitrogen and oxygen atoms in total. The van der Waals surface area contributed by atoms with Gasteiger partial charge in [-0.3, -0.25) is 0 Å². The Bertz CT molecular complexity index is 561. The zero-order valence-corrected chi connectivity index (χ0v) is 11.8. The van der Waals surface area contributed by atoms with Crippen molar-refractivity contribution in [2.45, 2.75) is 4.90 Å². The van der Waals surface area contributed by atoms with E-state index in [0.717, 1.165) is 31.9 Å². The van der Waals surface area contributed by atoms with E-state index in [9.17, 15) is 8.42 Å². The van der Waals surface area contributed by atoms with Crippen LogP contribution in [0.3, 0.4) is 0 Å². The standard InChI is InChI=1S/C13H19N3O2S/c1-14-19(17,18)13-5-3-2-4-12(13)16-8-10-6-15-7-11(10)9-16/h2-5,10-11,14-15H,6-9H2,1H3/t10-,11+. The van der Waals surface area contributed by atoms with Crippen LogP contribution in [0.2, 0.25) is 0 Å². The van der Waals surface area contributed by atoms with Crippen LogP contribution in [0.15, 0.2) is 29.2 Å². The van der Waals surface area contributed by atoms with Crippen LogP contribution < -0.4 is 14.9 Å². The highest BCUT2D eigenvalue weighted by Gasteiger charge is 2.37. The van der Waals surface area contributed by atoms with E-state index in [1.807, 2.05) is 12.1 Å². The molecular formula is C13H19N3O2S. The van der Waals surface area contributed by atoms with E-state index in [0.29, 0.717) is 16.7 Å². The lowest BCUT2D eigenvalue weighted by Crippen LogP contribution is -2.28. The third kappa shape index (κ3) is 2.24. The van der Waals surface area contributed by atoms with Gasteiger partial charge >= 0.3 is 0 Å². The lowest BCUT2D eigenvalue weighted by molar-refractivity contribution is 0.533. The summed E-state index contributed by atoms with van der Waals surface area (Å²) in [5, 5.41) is 3.40. The van der Waals surface area contributed by atoms with Crippen LogP contribution in [0.4, 0.5) is 5.69 Å². The molecule has 2 fully saturated rings. The molecule has 6 heteroatoms. The number of anilines is 1. The van der Waals surface area contributed by atoms with Crippen LogP contribution >= 0.6 is 0 Å². The summed E-state index contributed by atoms with van der Waals surface area (Å²) in [6.45, 7) is 3.96. The van der Waals surface area contributed by atoms with E-state index in [-0.39, 0.29) is 0 Å². The molecule has 19 heavy (non-hydrogen) atoms. The third-order valence-corrected chi connectivity index (χ3v) is 5.62. The first-order valence-electron chi connectivity index (χ1n) is 6.60. The van der Waals surface area contributed by atoms with Gasteiger partial charge in [0.1, 0.15) is 4.90 Å². The maximum atomic E-state index is 12.1. The van der Waals surface area contributed by atoms with Gasteiger partial charge in [0, 0.05) is 26.2 Å². The molecule has 0 aromatic heterocycles. The average Bonchev–Trinajstić information content (AvgIpc) is 2.99. The van der Waals surface area contributed by atoms with Crippen LogP contribution in [-0.4, -0.2) is 41.6 Å². The van der Waals surface area contributed by atoms with Gasteiger partial charge in [0.05, 0.1) is 5.69 Å². The Morgan fingerprint density at radius 1 is 1.21 bits per heavy atom. The van der Waals surface area contributed by atoms with Crippen molar-refractivity contribution < 1.29 is 8.42 Å². The van der Waals surface area contributed by atoms with E-state index in [1.165, 1.54) is 7.05 Å². The first kappa shape index (κ1) is 12.9. The van der Waals surface area contributed by atoms with Gasteiger partial charge in [-0.15, -0.1) is 0 Å². The maximum absolute atomic E-state index is 12.1. The van der Waals surface area contributed by atoms with E-state index in [4.69, 9.17) is 0 Å². The number of para-hydroxylation sites is 1.